The molecule has 4 rings (SSSR count). The summed E-state index contributed by atoms with van der Waals surface area (Å²) >= 11 is 6.34. The van der Waals surface area contributed by atoms with Gasteiger partial charge >= 0.3 is 0 Å². The van der Waals surface area contributed by atoms with Crippen LogP contribution in [0, 0.1) is 6.92 Å². The maximum absolute atomic E-state index is 12.7. The number of halogens is 1. The van der Waals surface area contributed by atoms with E-state index in [-0.39, 0.29) is 11.7 Å². The molecule has 1 amide bonds. The first-order chi connectivity index (χ1) is 14.8. The van der Waals surface area contributed by atoms with Gasteiger partial charge in [0, 0.05) is 29.6 Å². The predicted octanol–water partition coefficient (Wildman–Crippen LogP) is 4.89. The number of hydrogen-bond acceptors (Lipinski definition) is 4. The van der Waals surface area contributed by atoms with Crippen LogP contribution in [0.2, 0.25) is 5.02 Å². The molecular formula is C23H22ClN3O3S. The second kappa shape index (κ2) is 8.69. The molecule has 31 heavy (non-hydrogen) atoms. The minimum atomic E-state index is -3.28. The zero-order chi connectivity index (χ0) is 22.0. The summed E-state index contributed by atoms with van der Waals surface area (Å²) in [5.74, 6) is -0.136. The standard InChI is InChI=1S/C23H22ClN3O3S/c1-16-10-11-25-22(14-16)20-15-18(6-9-21(20)24)26-23(28)17-4-7-19(8-5-17)27-12-2-3-13-31(27,29)30/h4-11,14-15H,2-3,12-13H2,1H3,(H,26,28). The van der Waals surface area contributed by atoms with Crippen LogP contribution in [0.15, 0.2) is 60.8 Å². The van der Waals surface area contributed by atoms with E-state index in [1.807, 2.05) is 19.1 Å². The summed E-state index contributed by atoms with van der Waals surface area (Å²) in [5.41, 5.74) is 4.13. The monoisotopic (exact) mass is 455 g/mol. The lowest BCUT2D eigenvalue weighted by atomic mass is 10.1. The molecule has 0 unspecified atom stereocenters. The van der Waals surface area contributed by atoms with Crippen molar-refractivity contribution in [2.75, 3.05) is 21.9 Å². The van der Waals surface area contributed by atoms with E-state index in [1.165, 1.54) is 4.31 Å². The van der Waals surface area contributed by atoms with E-state index < -0.39 is 10.0 Å². The highest BCUT2D eigenvalue weighted by Gasteiger charge is 2.26. The second-order valence-corrected chi connectivity index (χ2v) is 9.93. The molecule has 6 nitrogen and oxygen atoms in total. The molecule has 1 saturated heterocycles. The molecule has 160 valence electrons. The molecule has 0 spiro atoms. The summed E-state index contributed by atoms with van der Waals surface area (Å²) in [4.78, 5) is 17.1. The van der Waals surface area contributed by atoms with Crippen molar-refractivity contribution in [3.05, 3.63) is 76.9 Å². The molecular weight excluding hydrogens is 434 g/mol. The number of hydrogen-bond donors (Lipinski definition) is 1. The van der Waals surface area contributed by atoms with Crippen molar-refractivity contribution in [3.8, 4) is 11.3 Å². The van der Waals surface area contributed by atoms with Crippen LogP contribution < -0.4 is 9.62 Å². The Balaban J connectivity index is 1.53. The highest BCUT2D eigenvalue weighted by atomic mass is 35.5. The van der Waals surface area contributed by atoms with E-state index in [0.29, 0.717) is 34.9 Å². The van der Waals surface area contributed by atoms with Crippen LogP contribution in [-0.2, 0) is 10.0 Å². The number of sulfonamides is 1. The van der Waals surface area contributed by atoms with Crippen LogP contribution in [0.1, 0.15) is 28.8 Å². The van der Waals surface area contributed by atoms with Crippen molar-refractivity contribution in [1.29, 1.82) is 0 Å². The average Bonchev–Trinajstić information content (AvgIpc) is 2.75. The third kappa shape index (κ3) is 4.73. The van der Waals surface area contributed by atoms with Gasteiger partial charge in [0.2, 0.25) is 10.0 Å². The minimum absolute atomic E-state index is 0.157. The van der Waals surface area contributed by atoms with Gasteiger partial charge in [-0.3, -0.25) is 14.1 Å². The van der Waals surface area contributed by atoms with Gasteiger partial charge in [-0.2, -0.15) is 0 Å². The van der Waals surface area contributed by atoms with Crippen molar-refractivity contribution in [3.63, 3.8) is 0 Å². The van der Waals surface area contributed by atoms with Crippen molar-refractivity contribution in [1.82, 2.24) is 4.98 Å². The van der Waals surface area contributed by atoms with Gasteiger partial charge in [-0.25, -0.2) is 8.42 Å². The molecule has 2 heterocycles. The Morgan fingerprint density at radius 1 is 1.06 bits per heavy atom. The molecule has 1 N–H and O–H groups in total. The van der Waals surface area contributed by atoms with Gasteiger partial charge in [0.15, 0.2) is 0 Å². The van der Waals surface area contributed by atoms with Crippen molar-refractivity contribution in [2.45, 2.75) is 19.8 Å². The fourth-order valence-corrected chi connectivity index (χ4v) is 5.40. The summed E-state index contributed by atoms with van der Waals surface area (Å²) in [6, 6.07) is 15.7. The number of anilines is 2. The van der Waals surface area contributed by atoms with Crippen LogP contribution in [0.25, 0.3) is 11.3 Å². The topological polar surface area (TPSA) is 79.4 Å². The number of aromatic nitrogens is 1. The summed E-state index contributed by atoms with van der Waals surface area (Å²) in [6.07, 6.45) is 3.23. The summed E-state index contributed by atoms with van der Waals surface area (Å²) in [7, 11) is -3.28. The Morgan fingerprint density at radius 2 is 1.84 bits per heavy atom. The number of nitrogens with zero attached hydrogens (tertiary/aromatic N) is 2. The maximum atomic E-state index is 12.7. The molecule has 0 atom stereocenters. The Bertz CT molecular complexity index is 1230. The smallest absolute Gasteiger partial charge is 0.255 e. The Labute approximate surface area is 186 Å². The second-order valence-electron chi connectivity index (χ2n) is 7.51. The van der Waals surface area contributed by atoms with Gasteiger partial charge in [0.05, 0.1) is 22.2 Å². The van der Waals surface area contributed by atoms with Gasteiger partial charge in [0.1, 0.15) is 0 Å². The molecule has 1 fully saturated rings. The predicted molar refractivity (Wildman–Crippen MR) is 124 cm³/mol. The van der Waals surface area contributed by atoms with Crippen LogP contribution in [0.3, 0.4) is 0 Å². The van der Waals surface area contributed by atoms with Crippen molar-refractivity contribution < 1.29 is 13.2 Å². The minimum Gasteiger partial charge on any atom is -0.322 e. The van der Waals surface area contributed by atoms with E-state index >= 15 is 0 Å². The van der Waals surface area contributed by atoms with E-state index in [4.69, 9.17) is 11.6 Å². The van der Waals surface area contributed by atoms with Gasteiger partial charge in [-0.1, -0.05) is 11.6 Å². The third-order valence-corrected chi connectivity index (χ3v) is 7.38. The Morgan fingerprint density at radius 3 is 2.55 bits per heavy atom. The summed E-state index contributed by atoms with van der Waals surface area (Å²) < 4.78 is 26.0. The van der Waals surface area contributed by atoms with Crippen LogP contribution in [0.4, 0.5) is 11.4 Å². The molecule has 1 aliphatic heterocycles. The lowest BCUT2D eigenvalue weighted by molar-refractivity contribution is 0.102. The molecule has 8 heteroatoms. The molecule has 0 aliphatic carbocycles. The summed E-state index contributed by atoms with van der Waals surface area (Å²) in [5, 5.41) is 3.41. The van der Waals surface area contributed by atoms with E-state index in [0.717, 1.165) is 23.2 Å². The van der Waals surface area contributed by atoms with Crippen molar-refractivity contribution >= 4 is 38.9 Å². The van der Waals surface area contributed by atoms with Crippen LogP contribution >= 0.6 is 11.6 Å². The first-order valence-electron chi connectivity index (χ1n) is 9.98. The Hall–Kier alpha value is -2.90. The number of carbonyl (C=O) groups excluding carboxylic acids is 1. The zero-order valence-corrected chi connectivity index (χ0v) is 18.6. The number of aryl methyl sites for hydroxylation is 1. The normalized spacial score (nSPS) is 15.5. The van der Waals surface area contributed by atoms with E-state index in [2.05, 4.69) is 10.3 Å². The van der Waals surface area contributed by atoms with Gasteiger partial charge < -0.3 is 5.32 Å². The molecule has 0 bridgehead atoms. The quantitative estimate of drug-likeness (QED) is 0.607. The van der Waals surface area contributed by atoms with E-state index in [1.54, 1.807) is 48.7 Å². The fourth-order valence-electron chi connectivity index (χ4n) is 3.54. The molecule has 3 aromatic rings. The van der Waals surface area contributed by atoms with E-state index in [9.17, 15) is 13.2 Å². The van der Waals surface area contributed by atoms with Crippen molar-refractivity contribution in [2.24, 2.45) is 0 Å². The average molecular weight is 456 g/mol. The number of rotatable bonds is 4. The maximum Gasteiger partial charge on any atom is 0.255 e. The molecule has 1 aromatic heterocycles. The lowest BCUT2D eigenvalue weighted by Crippen LogP contribution is -2.37. The number of nitrogens with one attached hydrogen (secondary N) is 1. The highest BCUT2D eigenvalue weighted by molar-refractivity contribution is 7.92. The van der Waals surface area contributed by atoms with Gasteiger partial charge in [0.25, 0.3) is 5.91 Å². The van der Waals surface area contributed by atoms with Gasteiger partial charge in [-0.05, 0) is 79.9 Å². The van der Waals surface area contributed by atoms with Crippen LogP contribution in [0.5, 0.6) is 0 Å². The largest absolute Gasteiger partial charge is 0.322 e. The first-order valence-corrected chi connectivity index (χ1v) is 12.0. The number of pyridine rings is 1. The fraction of sp³-hybridized carbons (Fsp3) is 0.217. The molecule has 1 aliphatic rings. The SMILES string of the molecule is Cc1ccnc(-c2cc(NC(=O)c3ccc(N4CCCCS4(=O)=O)cc3)ccc2Cl)c1. The van der Waals surface area contributed by atoms with Crippen LogP contribution in [-0.4, -0.2) is 31.6 Å². The first kappa shape index (κ1) is 21.3. The Kier molecular flexibility index (Phi) is 5.98. The molecule has 0 radical (unpaired) electrons. The zero-order valence-electron chi connectivity index (χ0n) is 17.0. The highest BCUT2D eigenvalue weighted by Crippen LogP contribution is 2.30. The molecule has 2 aromatic carbocycles. The lowest BCUT2D eigenvalue weighted by Gasteiger charge is -2.28. The number of amides is 1. The van der Waals surface area contributed by atoms with Gasteiger partial charge in [-0.15, -0.1) is 0 Å². The molecule has 0 saturated carbocycles. The number of benzene rings is 2. The number of carbonyl (C=O) groups is 1. The summed E-state index contributed by atoms with van der Waals surface area (Å²) in [6.45, 7) is 2.44. The third-order valence-electron chi connectivity index (χ3n) is 5.18.